The van der Waals surface area contributed by atoms with Crippen molar-refractivity contribution in [3.63, 3.8) is 0 Å². The Bertz CT molecular complexity index is 427. The first-order chi connectivity index (χ1) is 7.59. The number of Topliss-reactive ketones (excluding diaryl/α,β-unsaturated/α-hetero) is 1. The topological polar surface area (TPSA) is 61.6 Å². The fourth-order valence-electron chi connectivity index (χ4n) is 1.63. The number of carbonyl (C=O) groups excluding carboxylic acids is 1. The van der Waals surface area contributed by atoms with Crippen molar-refractivity contribution in [2.75, 3.05) is 18.9 Å². The second-order valence-corrected chi connectivity index (χ2v) is 4.10. The molecule has 86 valence electrons. The molecule has 1 aliphatic heterocycles. The fourth-order valence-corrected chi connectivity index (χ4v) is 1.63. The van der Waals surface area contributed by atoms with E-state index in [0.29, 0.717) is 36.0 Å². The van der Waals surface area contributed by atoms with Gasteiger partial charge in [0, 0.05) is 23.2 Å². The monoisotopic (exact) mass is 221 g/mol. The van der Waals surface area contributed by atoms with Crippen LogP contribution >= 0.6 is 0 Å². The minimum atomic E-state index is -0.0788. The Labute approximate surface area is 94.3 Å². The third-order valence-electron chi connectivity index (χ3n) is 2.50. The van der Waals surface area contributed by atoms with E-state index in [1.165, 1.54) is 0 Å². The number of hydrogen-bond donors (Lipinski definition) is 1. The van der Waals surface area contributed by atoms with Crippen molar-refractivity contribution >= 4 is 11.5 Å². The van der Waals surface area contributed by atoms with Crippen LogP contribution in [0.25, 0.3) is 0 Å². The van der Waals surface area contributed by atoms with Crippen LogP contribution in [0.2, 0.25) is 0 Å². The van der Waals surface area contributed by atoms with E-state index in [1.807, 2.05) is 13.8 Å². The first-order valence-electron chi connectivity index (χ1n) is 5.33. The summed E-state index contributed by atoms with van der Waals surface area (Å²) in [6, 6.07) is 3.33. The van der Waals surface area contributed by atoms with Crippen LogP contribution < -0.4 is 15.2 Å². The smallest absolute Gasteiger partial charge is 0.167 e. The first kappa shape index (κ1) is 10.8. The number of nitrogen functional groups attached to an aromatic ring is 1. The van der Waals surface area contributed by atoms with Crippen molar-refractivity contribution in [3.8, 4) is 11.5 Å². The van der Waals surface area contributed by atoms with Crippen LogP contribution in [0, 0.1) is 5.92 Å². The number of nitrogens with two attached hydrogens (primary N) is 1. The molecule has 0 unspecified atom stereocenters. The number of fused-ring (bicyclic) bond motifs is 1. The van der Waals surface area contributed by atoms with Crippen molar-refractivity contribution in [3.05, 3.63) is 17.7 Å². The first-order valence-corrected chi connectivity index (χ1v) is 5.33. The Morgan fingerprint density at radius 1 is 1.25 bits per heavy atom. The molecular weight excluding hydrogens is 206 g/mol. The molecule has 16 heavy (non-hydrogen) atoms. The molecule has 1 heterocycles. The van der Waals surface area contributed by atoms with Gasteiger partial charge in [0.05, 0.1) is 0 Å². The van der Waals surface area contributed by atoms with Gasteiger partial charge in [0.25, 0.3) is 0 Å². The van der Waals surface area contributed by atoms with Crippen LogP contribution in [0.4, 0.5) is 5.69 Å². The molecule has 1 aromatic carbocycles. The Morgan fingerprint density at radius 3 is 2.38 bits per heavy atom. The molecule has 0 atom stereocenters. The molecule has 1 aliphatic rings. The Balaban J connectivity index is 2.43. The maximum atomic E-state index is 11.9. The summed E-state index contributed by atoms with van der Waals surface area (Å²) >= 11 is 0. The van der Waals surface area contributed by atoms with Crippen LogP contribution in [0.1, 0.15) is 24.2 Å². The van der Waals surface area contributed by atoms with Crippen molar-refractivity contribution < 1.29 is 14.3 Å². The fraction of sp³-hybridized carbons (Fsp3) is 0.417. The predicted molar refractivity (Wildman–Crippen MR) is 61.0 cm³/mol. The van der Waals surface area contributed by atoms with Gasteiger partial charge in [-0.05, 0) is 6.07 Å². The van der Waals surface area contributed by atoms with Gasteiger partial charge < -0.3 is 15.2 Å². The lowest BCUT2D eigenvalue weighted by atomic mass is 9.99. The van der Waals surface area contributed by atoms with Crippen LogP contribution in [-0.2, 0) is 0 Å². The van der Waals surface area contributed by atoms with Gasteiger partial charge >= 0.3 is 0 Å². The van der Waals surface area contributed by atoms with Gasteiger partial charge in [0.1, 0.15) is 13.2 Å². The zero-order valence-electron chi connectivity index (χ0n) is 9.45. The molecule has 0 fully saturated rings. The van der Waals surface area contributed by atoms with E-state index in [2.05, 4.69) is 0 Å². The second kappa shape index (κ2) is 4.04. The number of carbonyl (C=O) groups is 1. The number of hydrogen-bond acceptors (Lipinski definition) is 4. The highest BCUT2D eigenvalue weighted by Crippen LogP contribution is 2.35. The van der Waals surface area contributed by atoms with Crippen molar-refractivity contribution in [1.82, 2.24) is 0 Å². The zero-order valence-corrected chi connectivity index (χ0v) is 9.45. The summed E-state index contributed by atoms with van der Waals surface area (Å²) in [6.45, 7) is 4.72. The molecule has 0 bridgehead atoms. The lowest BCUT2D eigenvalue weighted by Gasteiger charge is -2.20. The molecule has 0 radical (unpaired) electrons. The molecule has 0 saturated heterocycles. The predicted octanol–water partition coefficient (Wildman–Crippen LogP) is 1.88. The number of rotatable bonds is 2. The molecule has 4 heteroatoms. The summed E-state index contributed by atoms with van der Waals surface area (Å²) < 4.78 is 10.8. The zero-order chi connectivity index (χ0) is 11.7. The van der Waals surface area contributed by atoms with Gasteiger partial charge in [-0.1, -0.05) is 13.8 Å². The summed E-state index contributed by atoms with van der Waals surface area (Å²) in [4.78, 5) is 11.9. The molecule has 2 rings (SSSR count). The largest absolute Gasteiger partial charge is 0.486 e. The Kier molecular flexibility index (Phi) is 2.73. The van der Waals surface area contributed by atoms with E-state index in [0.717, 1.165) is 0 Å². The average molecular weight is 221 g/mol. The molecule has 4 nitrogen and oxygen atoms in total. The SMILES string of the molecule is CC(C)C(=O)c1cc2c(cc1N)OCCO2. The van der Waals surface area contributed by atoms with Crippen LogP contribution in [0.15, 0.2) is 12.1 Å². The lowest BCUT2D eigenvalue weighted by Crippen LogP contribution is -2.17. The van der Waals surface area contributed by atoms with Crippen molar-refractivity contribution in [2.24, 2.45) is 5.92 Å². The molecule has 0 aromatic heterocycles. The standard InChI is InChI=1S/C12H15NO3/c1-7(2)12(14)8-5-10-11(6-9(8)13)16-4-3-15-10/h5-7H,3-4,13H2,1-2H3. The Hall–Kier alpha value is -1.71. The van der Waals surface area contributed by atoms with Gasteiger partial charge in [-0.15, -0.1) is 0 Å². The number of ketones is 1. The van der Waals surface area contributed by atoms with Gasteiger partial charge in [-0.3, -0.25) is 4.79 Å². The third-order valence-corrected chi connectivity index (χ3v) is 2.50. The average Bonchev–Trinajstić information content (AvgIpc) is 2.27. The molecule has 0 amide bonds. The second-order valence-electron chi connectivity index (χ2n) is 4.10. The molecule has 2 N–H and O–H groups in total. The third kappa shape index (κ3) is 1.83. The van der Waals surface area contributed by atoms with Gasteiger partial charge in [-0.2, -0.15) is 0 Å². The quantitative estimate of drug-likeness (QED) is 0.611. The number of anilines is 1. The molecule has 0 saturated carbocycles. The van der Waals surface area contributed by atoms with E-state index in [9.17, 15) is 4.79 Å². The number of ether oxygens (including phenoxy) is 2. The molecule has 0 aliphatic carbocycles. The molecule has 1 aromatic rings. The van der Waals surface area contributed by atoms with Crippen LogP contribution in [0.5, 0.6) is 11.5 Å². The van der Waals surface area contributed by atoms with Crippen molar-refractivity contribution in [1.29, 1.82) is 0 Å². The minimum absolute atomic E-state index is 0.0227. The van der Waals surface area contributed by atoms with Crippen molar-refractivity contribution in [2.45, 2.75) is 13.8 Å². The summed E-state index contributed by atoms with van der Waals surface area (Å²) in [5.41, 5.74) is 6.79. The van der Waals surface area contributed by atoms with E-state index < -0.39 is 0 Å². The van der Waals surface area contributed by atoms with E-state index in [1.54, 1.807) is 12.1 Å². The Morgan fingerprint density at radius 2 is 1.81 bits per heavy atom. The highest BCUT2D eigenvalue weighted by atomic mass is 16.6. The molecule has 0 spiro atoms. The van der Waals surface area contributed by atoms with Crippen LogP contribution in [0.3, 0.4) is 0 Å². The summed E-state index contributed by atoms with van der Waals surface area (Å²) in [7, 11) is 0. The van der Waals surface area contributed by atoms with Crippen LogP contribution in [-0.4, -0.2) is 19.0 Å². The number of benzene rings is 1. The summed E-state index contributed by atoms with van der Waals surface area (Å²) in [5.74, 6) is 1.16. The lowest BCUT2D eigenvalue weighted by molar-refractivity contribution is 0.0939. The van der Waals surface area contributed by atoms with Gasteiger partial charge in [0.15, 0.2) is 17.3 Å². The van der Waals surface area contributed by atoms with E-state index >= 15 is 0 Å². The van der Waals surface area contributed by atoms with E-state index in [-0.39, 0.29) is 11.7 Å². The maximum absolute atomic E-state index is 11.9. The normalized spacial score (nSPS) is 13.9. The summed E-state index contributed by atoms with van der Waals surface area (Å²) in [5, 5.41) is 0. The maximum Gasteiger partial charge on any atom is 0.167 e. The van der Waals surface area contributed by atoms with Gasteiger partial charge in [-0.25, -0.2) is 0 Å². The minimum Gasteiger partial charge on any atom is -0.486 e. The highest BCUT2D eigenvalue weighted by molar-refractivity contribution is 6.02. The summed E-state index contributed by atoms with van der Waals surface area (Å²) in [6.07, 6.45) is 0. The molecular formula is C12H15NO3. The van der Waals surface area contributed by atoms with Gasteiger partial charge in [0.2, 0.25) is 0 Å². The van der Waals surface area contributed by atoms with E-state index in [4.69, 9.17) is 15.2 Å². The highest BCUT2D eigenvalue weighted by Gasteiger charge is 2.19.